The minimum atomic E-state index is 0.887. The highest BCUT2D eigenvalue weighted by Crippen LogP contribution is 2.27. The molecule has 0 spiro atoms. The quantitative estimate of drug-likeness (QED) is 0.808. The van der Waals surface area contributed by atoms with Crippen molar-refractivity contribution in [1.82, 2.24) is 20.0 Å². The summed E-state index contributed by atoms with van der Waals surface area (Å²) >= 11 is 0. The summed E-state index contributed by atoms with van der Waals surface area (Å²) < 4.78 is 2.10. The molecule has 2 fully saturated rings. The van der Waals surface area contributed by atoms with Crippen molar-refractivity contribution in [2.75, 3.05) is 26.2 Å². The third kappa shape index (κ3) is 1.76. The van der Waals surface area contributed by atoms with Crippen molar-refractivity contribution in [2.45, 2.75) is 20.0 Å². The molecule has 1 aromatic heterocycles. The van der Waals surface area contributed by atoms with Crippen molar-refractivity contribution in [2.24, 2.45) is 11.8 Å². The second-order valence-corrected chi connectivity index (χ2v) is 5.01. The molecular weight excluding hydrogens is 200 g/mol. The molecule has 16 heavy (non-hydrogen) atoms. The van der Waals surface area contributed by atoms with E-state index in [2.05, 4.69) is 33.0 Å². The zero-order valence-corrected chi connectivity index (χ0v) is 9.89. The highest BCUT2D eigenvalue weighted by Gasteiger charge is 2.35. The molecule has 3 rings (SSSR count). The number of nitrogens with one attached hydrogen (secondary N) is 1. The molecule has 0 saturated carbocycles. The molecule has 1 aromatic rings. The van der Waals surface area contributed by atoms with E-state index in [1.54, 1.807) is 0 Å². The minimum Gasteiger partial charge on any atom is -0.316 e. The average molecular weight is 220 g/mol. The number of likely N-dealkylation sites (tertiary alicyclic amines) is 1. The monoisotopic (exact) mass is 220 g/mol. The highest BCUT2D eigenvalue weighted by atomic mass is 15.3. The van der Waals surface area contributed by atoms with Gasteiger partial charge in [0.15, 0.2) is 0 Å². The molecule has 2 unspecified atom stereocenters. The summed E-state index contributed by atoms with van der Waals surface area (Å²) in [5.74, 6) is 1.77. The van der Waals surface area contributed by atoms with E-state index in [0.29, 0.717) is 0 Å². The number of aromatic nitrogens is 2. The molecule has 2 aliphatic heterocycles. The summed E-state index contributed by atoms with van der Waals surface area (Å²) in [6.45, 7) is 9.14. The van der Waals surface area contributed by atoms with Gasteiger partial charge in [-0.2, -0.15) is 5.10 Å². The summed E-state index contributed by atoms with van der Waals surface area (Å²) in [6, 6.07) is 2.15. The van der Waals surface area contributed by atoms with Crippen LogP contribution in [0.25, 0.3) is 0 Å². The smallest absolute Gasteiger partial charge is 0.0524 e. The van der Waals surface area contributed by atoms with Gasteiger partial charge in [-0.25, -0.2) is 0 Å². The largest absolute Gasteiger partial charge is 0.316 e. The van der Waals surface area contributed by atoms with E-state index in [1.807, 2.05) is 6.20 Å². The lowest BCUT2D eigenvalue weighted by molar-refractivity contribution is 0.295. The van der Waals surface area contributed by atoms with Crippen molar-refractivity contribution < 1.29 is 0 Å². The summed E-state index contributed by atoms with van der Waals surface area (Å²) in [5.41, 5.74) is 1.36. The number of nitrogens with zero attached hydrogens (tertiary/aromatic N) is 3. The Bertz CT molecular complexity index is 348. The lowest BCUT2D eigenvalue weighted by Gasteiger charge is -2.17. The number of hydrogen-bond donors (Lipinski definition) is 1. The maximum Gasteiger partial charge on any atom is 0.0524 e. The fourth-order valence-electron chi connectivity index (χ4n) is 3.09. The summed E-state index contributed by atoms with van der Waals surface area (Å²) in [6.07, 6.45) is 1.91. The molecule has 4 nitrogen and oxygen atoms in total. The van der Waals surface area contributed by atoms with Crippen LogP contribution in [0.2, 0.25) is 0 Å². The van der Waals surface area contributed by atoms with Crippen molar-refractivity contribution in [3.05, 3.63) is 18.0 Å². The first-order chi connectivity index (χ1) is 7.86. The van der Waals surface area contributed by atoms with Gasteiger partial charge in [-0.3, -0.25) is 9.58 Å². The van der Waals surface area contributed by atoms with Crippen molar-refractivity contribution >= 4 is 0 Å². The predicted octanol–water partition coefficient (Wildman–Crippen LogP) is 0.554. The number of hydrogen-bond acceptors (Lipinski definition) is 3. The van der Waals surface area contributed by atoms with Crippen LogP contribution in [0.4, 0.5) is 0 Å². The van der Waals surface area contributed by atoms with Gasteiger partial charge in [0, 0.05) is 32.4 Å². The molecule has 0 bridgehead atoms. The van der Waals surface area contributed by atoms with Crippen molar-refractivity contribution in [3.63, 3.8) is 0 Å². The summed E-state index contributed by atoms with van der Waals surface area (Å²) in [7, 11) is 0. The Labute approximate surface area is 96.6 Å². The Morgan fingerprint density at radius 2 is 2.12 bits per heavy atom. The van der Waals surface area contributed by atoms with Gasteiger partial charge < -0.3 is 5.32 Å². The van der Waals surface area contributed by atoms with Crippen LogP contribution in [0.3, 0.4) is 0 Å². The van der Waals surface area contributed by atoms with Gasteiger partial charge in [-0.1, -0.05) is 0 Å². The Balaban J connectivity index is 1.64. The van der Waals surface area contributed by atoms with E-state index < -0.39 is 0 Å². The zero-order valence-electron chi connectivity index (χ0n) is 9.89. The molecule has 4 heteroatoms. The third-order valence-electron chi connectivity index (χ3n) is 3.95. The molecule has 0 radical (unpaired) electrons. The average Bonchev–Trinajstić information content (AvgIpc) is 2.92. The lowest BCUT2D eigenvalue weighted by Crippen LogP contribution is -2.26. The second kappa shape index (κ2) is 4.18. The van der Waals surface area contributed by atoms with Gasteiger partial charge >= 0.3 is 0 Å². The lowest BCUT2D eigenvalue weighted by atomic mass is 10.0. The van der Waals surface area contributed by atoms with E-state index in [0.717, 1.165) is 24.9 Å². The Morgan fingerprint density at radius 3 is 2.81 bits per heavy atom. The fourth-order valence-corrected chi connectivity index (χ4v) is 3.09. The maximum atomic E-state index is 4.33. The van der Waals surface area contributed by atoms with E-state index in [1.165, 1.54) is 31.9 Å². The molecule has 2 aliphatic rings. The topological polar surface area (TPSA) is 33.1 Å². The maximum absolute atomic E-state index is 4.33. The number of fused-ring (bicyclic) bond motifs is 1. The van der Waals surface area contributed by atoms with Crippen molar-refractivity contribution in [3.8, 4) is 0 Å². The van der Waals surface area contributed by atoms with Gasteiger partial charge in [-0.05, 0) is 37.9 Å². The number of aryl methyl sites for hydroxylation is 1. The van der Waals surface area contributed by atoms with Crippen LogP contribution in [0.1, 0.15) is 12.6 Å². The van der Waals surface area contributed by atoms with Gasteiger partial charge in [-0.15, -0.1) is 0 Å². The molecule has 3 heterocycles. The van der Waals surface area contributed by atoms with Crippen molar-refractivity contribution in [1.29, 1.82) is 0 Å². The van der Waals surface area contributed by atoms with Gasteiger partial charge in [0.1, 0.15) is 0 Å². The molecular formula is C12H20N4. The van der Waals surface area contributed by atoms with E-state index in [9.17, 15) is 0 Å². The summed E-state index contributed by atoms with van der Waals surface area (Å²) in [5, 5.41) is 7.81. The first-order valence-corrected chi connectivity index (χ1v) is 6.30. The molecule has 0 amide bonds. The van der Waals surface area contributed by atoms with Crippen LogP contribution < -0.4 is 5.32 Å². The molecule has 2 saturated heterocycles. The number of rotatable bonds is 3. The molecule has 1 N–H and O–H groups in total. The second-order valence-electron chi connectivity index (χ2n) is 5.01. The predicted molar refractivity (Wildman–Crippen MR) is 63.0 cm³/mol. The standard InChI is InChI=1S/C12H20N4/c1-2-16-12(3-4-14-16)9-15-7-10-5-13-6-11(10)8-15/h3-4,10-11,13H,2,5-9H2,1H3. The highest BCUT2D eigenvalue weighted by molar-refractivity contribution is 5.02. The van der Waals surface area contributed by atoms with Crippen LogP contribution in [0.5, 0.6) is 0 Å². The van der Waals surface area contributed by atoms with E-state index in [-0.39, 0.29) is 0 Å². The van der Waals surface area contributed by atoms with Gasteiger partial charge in [0.2, 0.25) is 0 Å². The van der Waals surface area contributed by atoms with Gasteiger partial charge in [0.25, 0.3) is 0 Å². The Morgan fingerprint density at radius 1 is 1.38 bits per heavy atom. The normalized spacial score (nSPS) is 29.8. The third-order valence-corrected chi connectivity index (χ3v) is 3.95. The van der Waals surface area contributed by atoms with Crippen LogP contribution in [0, 0.1) is 11.8 Å². The first kappa shape index (κ1) is 10.3. The van der Waals surface area contributed by atoms with Gasteiger partial charge in [0.05, 0.1) is 5.69 Å². The molecule has 0 aromatic carbocycles. The fraction of sp³-hybridized carbons (Fsp3) is 0.750. The SMILES string of the molecule is CCn1nccc1CN1CC2CNCC2C1. The zero-order chi connectivity index (χ0) is 11.0. The summed E-state index contributed by atoms with van der Waals surface area (Å²) in [4.78, 5) is 2.58. The van der Waals surface area contributed by atoms with Crippen LogP contribution in [-0.2, 0) is 13.1 Å². The van der Waals surface area contributed by atoms with Crippen LogP contribution in [0.15, 0.2) is 12.3 Å². The van der Waals surface area contributed by atoms with E-state index >= 15 is 0 Å². The molecule has 88 valence electrons. The van der Waals surface area contributed by atoms with Crippen LogP contribution >= 0.6 is 0 Å². The Hall–Kier alpha value is -0.870. The Kier molecular flexibility index (Phi) is 2.69. The molecule has 0 aliphatic carbocycles. The van der Waals surface area contributed by atoms with Crippen LogP contribution in [-0.4, -0.2) is 40.9 Å². The first-order valence-electron chi connectivity index (χ1n) is 6.30. The minimum absolute atomic E-state index is 0.887. The van der Waals surface area contributed by atoms with E-state index in [4.69, 9.17) is 0 Å². The molecule has 2 atom stereocenters.